The summed E-state index contributed by atoms with van der Waals surface area (Å²) in [6.45, 7) is 6.95. The van der Waals surface area contributed by atoms with Crippen LogP contribution in [0.4, 0.5) is 0 Å². The minimum absolute atomic E-state index is 0.192. The molecule has 0 saturated carbocycles. The highest BCUT2D eigenvalue weighted by atomic mass is 35.5. The fraction of sp³-hybridized carbons (Fsp3) is 0.667. The number of hydrogen-bond acceptors (Lipinski definition) is 4. The van der Waals surface area contributed by atoms with Gasteiger partial charge in [0.1, 0.15) is 11.5 Å². The number of benzene rings is 1. The highest BCUT2D eigenvalue weighted by molar-refractivity contribution is 6.32. The molecule has 1 aromatic carbocycles. The number of piperidine rings is 1. The van der Waals surface area contributed by atoms with E-state index >= 15 is 0 Å². The SMILES string of the molecule is COc1cc(OC)c(CN2CCC(C(O)C(C)C)CC2)cc1Cl. The quantitative estimate of drug-likeness (QED) is 0.858. The molecule has 1 aromatic rings. The second-order valence-corrected chi connectivity index (χ2v) is 7.05. The molecule has 0 spiro atoms. The first-order chi connectivity index (χ1) is 11.0. The van der Waals surface area contributed by atoms with Crippen LogP contribution in [0.3, 0.4) is 0 Å². The number of aliphatic hydroxyl groups is 1. The number of methoxy groups -OCH3 is 2. The molecule has 1 atom stereocenters. The maximum absolute atomic E-state index is 10.2. The Morgan fingerprint density at radius 1 is 1.17 bits per heavy atom. The van der Waals surface area contributed by atoms with Crippen LogP contribution in [0.25, 0.3) is 0 Å². The van der Waals surface area contributed by atoms with Crippen LogP contribution in [0.5, 0.6) is 11.5 Å². The van der Waals surface area contributed by atoms with Crippen molar-refractivity contribution in [3.63, 3.8) is 0 Å². The van der Waals surface area contributed by atoms with E-state index in [-0.39, 0.29) is 6.10 Å². The lowest BCUT2D eigenvalue weighted by Crippen LogP contribution is -2.39. The molecule has 5 heteroatoms. The number of hydrogen-bond donors (Lipinski definition) is 1. The summed E-state index contributed by atoms with van der Waals surface area (Å²) in [6, 6.07) is 3.77. The van der Waals surface area contributed by atoms with Crippen molar-refractivity contribution in [2.24, 2.45) is 11.8 Å². The van der Waals surface area contributed by atoms with E-state index in [2.05, 4.69) is 18.7 Å². The molecule has 4 nitrogen and oxygen atoms in total. The molecule has 0 radical (unpaired) electrons. The Bertz CT molecular complexity index is 513. The molecule has 1 aliphatic rings. The Labute approximate surface area is 144 Å². The predicted octanol–water partition coefficient (Wildman–Crippen LogP) is 3.59. The lowest BCUT2D eigenvalue weighted by molar-refractivity contribution is 0.0268. The molecule has 0 aliphatic carbocycles. The van der Waals surface area contributed by atoms with Crippen LogP contribution in [0.1, 0.15) is 32.3 Å². The number of aliphatic hydroxyl groups excluding tert-OH is 1. The molecule has 0 bridgehead atoms. The van der Waals surface area contributed by atoms with Crippen LogP contribution < -0.4 is 9.47 Å². The summed E-state index contributed by atoms with van der Waals surface area (Å²) in [7, 11) is 3.27. The average molecular weight is 342 g/mol. The van der Waals surface area contributed by atoms with Gasteiger partial charge in [-0.25, -0.2) is 0 Å². The second kappa shape index (κ2) is 8.22. The lowest BCUT2D eigenvalue weighted by Gasteiger charge is -2.35. The van der Waals surface area contributed by atoms with E-state index < -0.39 is 0 Å². The van der Waals surface area contributed by atoms with E-state index in [4.69, 9.17) is 21.1 Å². The third kappa shape index (κ3) is 4.52. The number of halogens is 1. The molecule has 1 aliphatic heterocycles. The monoisotopic (exact) mass is 341 g/mol. The molecule has 2 rings (SSSR count). The molecule has 130 valence electrons. The summed E-state index contributed by atoms with van der Waals surface area (Å²) >= 11 is 6.24. The van der Waals surface area contributed by atoms with E-state index in [1.165, 1.54) is 0 Å². The van der Waals surface area contributed by atoms with Gasteiger partial charge in [-0.15, -0.1) is 0 Å². The maximum Gasteiger partial charge on any atom is 0.141 e. The van der Waals surface area contributed by atoms with E-state index in [1.807, 2.05) is 12.1 Å². The number of nitrogens with zero attached hydrogens (tertiary/aromatic N) is 1. The van der Waals surface area contributed by atoms with E-state index in [9.17, 15) is 5.11 Å². The van der Waals surface area contributed by atoms with Crippen molar-refractivity contribution in [3.05, 3.63) is 22.7 Å². The van der Waals surface area contributed by atoms with E-state index in [0.717, 1.165) is 43.8 Å². The first-order valence-electron chi connectivity index (χ1n) is 8.27. The van der Waals surface area contributed by atoms with Gasteiger partial charge >= 0.3 is 0 Å². The normalized spacial score (nSPS) is 18.2. The number of ether oxygens (including phenoxy) is 2. The predicted molar refractivity (Wildman–Crippen MR) is 93.4 cm³/mol. The van der Waals surface area contributed by atoms with Crippen molar-refractivity contribution < 1.29 is 14.6 Å². The highest BCUT2D eigenvalue weighted by Gasteiger charge is 2.27. The van der Waals surface area contributed by atoms with E-state index in [0.29, 0.717) is 22.6 Å². The van der Waals surface area contributed by atoms with Crippen LogP contribution in [0, 0.1) is 11.8 Å². The zero-order valence-electron chi connectivity index (χ0n) is 14.5. The number of rotatable bonds is 6. The van der Waals surface area contributed by atoms with Crippen LogP contribution in [-0.4, -0.2) is 43.4 Å². The zero-order chi connectivity index (χ0) is 17.0. The van der Waals surface area contributed by atoms with Gasteiger partial charge < -0.3 is 14.6 Å². The van der Waals surface area contributed by atoms with Crippen molar-refractivity contribution in [2.45, 2.75) is 39.3 Å². The average Bonchev–Trinajstić information content (AvgIpc) is 2.55. The van der Waals surface area contributed by atoms with Crippen molar-refractivity contribution in [2.75, 3.05) is 27.3 Å². The van der Waals surface area contributed by atoms with Crippen LogP contribution in [0.2, 0.25) is 5.02 Å². The van der Waals surface area contributed by atoms with Crippen LogP contribution >= 0.6 is 11.6 Å². The van der Waals surface area contributed by atoms with Gasteiger partial charge in [-0.3, -0.25) is 4.90 Å². The Balaban J connectivity index is 2.00. The van der Waals surface area contributed by atoms with Gasteiger partial charge in [-0.1, -0.05) is 25.4 Å². The zero-order valence-corrected chi connectivity index (χ0v) is 15.3. The van der Waals surface area contributed by atoms with Gasteiger partial charge in [0.15, 0.2) is 0 Å². The fourth-order valence-corrected chi connectivity index (χ4v) is 3.55. The molecular weight excluding hydrogens is 314 g/mol. The topological polar surface area (TPSA) is 41.9 Å². The van der Waals surface area contributed by atoms with Gasteiger partial charge in [0.25, 0.3) is 0 Å². The molecule has 1 fully saturated rings. The molecule has 1 N–H and O–H groups in total. The minimum atomic E-state index is -0.192. The molecule has 0 aromatic heterocycles. The summed E-state index contributed by atoms with van der Waals surface area (Å²) in [4.78, 5) is 2.39. The molecule has 1 unspecified atom stereocenters. The molecule has 1 heterocycles. The first kappa shape index (κ1) is 18.4. The van der Waals surface area contributed by atoms with Crippen molar-refractivity contribution >= 4 is 11.6 Å². The summed E-state index contributed by atoms with van der Waals surface area (Å²) in [5.74, 6) is 2.17. The maximum atomic E-state index is 10.2. The van der Waals surface area contributed by atoms with Gasteiger partial charge in [-0.05, 0) is 43.8 Å². The molecule has 23 heavy (non-hydrogen) atoms. The highest BCUT2D eigenvalue weighted by Crippen LogP contribution is 2.34. The summed E-state index contributed by atoms with van der Waals surface area (Å²) < 4.78 is 10.7. The molecule has 1 saturated heterocycles. The third-order valence-electron chi connectivity index (χ3n) is 4.75. The van der Waals surface area contributed by atoms with Gasteiger partial charge in [-0.2, -0.15) is 0 Å². The standard InChI is InChI=1S/C18H28ClNO3/c1-12(2)18(21)13-5-7-20(8-6-13)11-14-9-15(19)17(23-4)10-16(14)22-3/h9-10,12-13,18,21H,5-8,11H2,1-4H3. The Kier molecular flexibility index (Phi) is 6.57. The Morgan fingerprint density at radius 3 is 2.30 bits per heavy atom. The second-order valence-electron chi connectivity index (χ2n) is 6.65. The molecular formula is C18H28ClNO3. The fourth-order valence-electron chi connectivity index (χ4n) is 3.28. The summed E-state index contributed by atoms with van der Waals surface area (Å²) in [5.41, 5.74) is 1.07. The number of likely N-dealkylation sites (tertiary alicyclic amines) is 1. The smallest absolute Gasteiger partial charge is 0.141 e. The van der Waals surface area contributed by atoms with Crippen molar-refractivity contribution in [1.82, 2.24) is 4.90 Å². The third-order valence-corrected chi connectivity index (χ3v) is 5.04. The summed E-state index contributed by atoms with van der Waals surface area (Å²) in [6.07, 6.45) is 1.87. The largest absolute Gasteiger partial charge is 0.496 e. The Hall–Kier alpha value is -0.970. The molecule has 0 amide bonds. The summed E-state index contributed by atoms with van der Waals surface area (Å²) in [5, 5.41) is 10.8. The lowest BCUT2D eigenvalue weighted by atomic mass is 9.85. The van der Waals surface area contributed by atoms with Crippen LogP contribution in [0.15, 0.2) is 12.1 Å². The Morgan fingerprint density at radius 2 is 1.78 bits per heavy atom. The van der Waals surface area contributed by atoms with Gasteiger partial charge in [0.2, 0.25) is 0 Å². The first-order valence-corrected chi connectivity index (χ1v) is 8.64. The van der Waals surface area contributed by atoms with Gasteiger partial charge in [0, 0.05) is 18.2 Å². The van der Waals surface area contributed by atoms with Gasteiger partial charge in [0.05, 0.1) is 25.3 Å². The van der Waals surface area contributed by atoms with Crippen molar-refractivity contribution in [1.29, 1.82) is 0 Å². The minimum Gasteiger partial charge on any atom is -0.496 e. The van der Waals surface area contributed by atoms with Crippen LogP contribution in [-0.2, 0) is 6.54 Å². The van der Waals surface area contributed by atoms with Crippen molar-refractivity contribution in [3.8, 4) is 11.5 Å². The van der Waals surface area contributed by atoms with E-state index in [1.54, 1.807) is 14.2 Å².